The van der Waals surface area contributed by atoms with Gasteiger partial charge in [-0.05, 0) is 67.1 Å². The van der Waals surface area contributed by atoms with E-state index in [0.717, 1.165) is 38.5 Å². The minimum Gasteiger partial charge on any atom is -0.300 e. The van der Waals surface area contributed by atoms with Crippen molar-refractivity contribution in [1.29, 1.82) is 5.26 Å². The quantitative estimate of drug-likeness (QED) is 0.608. The van der Waals surface area contributed by atoms with Crippen LogP contribution in [0.25, 0.3) is 0 Å². The summed E-state index contributed by atoms with van der Waals surface area (Å²) in [5.41, 5.74) is -0.722. The molecule has 4 rings (SSSR count). The van der Waals surface area contributed by atoms with Crippen LogP contribution in [0.5, 0.6) is 0 Å². The van der Waals surface area contributed by atoms with E-state index in [4.69, 9.17) is 0 Å². The third-order valence-corrected chi connectivity index (χ3v) is 9.76. The van der Waals surface area contributed by atoms with E-state index in [1.807, 2.05) is 0 Å². The largest absolute Gasteiger partial charge is 0.300 e. The maximum atomic E-state index is 12.6. The molecule has 3 nitrogen and oxygen atoms in total. The fourth-order valence-corrected chi connectivity index (χ4v) is 8.34. The number of hydrogen-bond donors (Lipinski definition) is 0. The SMILES string of the molecule is CC1(C)C(=O)CC[C@]2(C)[C@H]3CC[C@@H]4CCC(=O)C[C@@]4(C#N)[C@]3(C)CC[C@@H]12. The van der Waals surface area contributed by atoms with Crippen molar-refractivity contribution in [2.45, 2.75) is 85.5 Å². The molecule has 3 heteroatoms. The topological polar surface area (TPSA) is 57.9 Å². The Morgan fingerprint density at radius 3 is 2.35 bits per heavy atom. The Morgan fingerprint density at radius 2 is 1.65 bits per heavy atom. The van der Waals surface area contributed by atoms with Gasteiger partial charge in [-0.2, -0.15) is 5.26 Å². The monoisotopic (exact) mass is 355 g/mol. The minimum atomic E-state index is -0.481. The van der Waals surface area contributed by atoms with Crippen molar-refractivity contribution >= 4 is 11.6 Å². The maximum absolute atomic E-state index is 12.6. The summed E-state index contributed by atoms with van der Waals surface area (Å²) in [6, 6.07) is 2.74. The highest BCUT2D eigenvalue weighted by atomic mass is 16.1. The molecule has 4 aliphatic carbocycles. The molecule has 0 aromatic carbocycles. The van der Waals surface area contributed by atoms with Gasteiger partial charge in [-0.1, -0.05) is 27.7 Å². The lowest BCUT2D eigenvalue weighted by atomic mass is 9.34. The molecule has 0 amide bonds. The number of nitriles is 1. The third kappa shape index (κ3) is 2.00. The Morgan fingerprint density at radius 1 is 0.923 bits per heavy atom. The van der Waals surface area contributed by atoms with Gasteiger partial charge in [0, 0.05) is 24.7 Å². The molecular weight excluding hydrogens is 322 g/mol. The van der Waals surface area contributed by atoms with E-state index in [1.165, 1.54) is 0 Å². The predicted molar refractivity (Wildman–Crippen MR) is 100 cm³/mol. The molecule has 142 valence electrons. The molecule has 6 atom stereocenters. The number of ketones is 2. The van der Waals surface area contributed by atoms with Crippen LogP contribution in [0.2, 0.25) is 0 Å². The number of nitrogens with zero attached hydrogens (tertiary/aromatic N) is 1. The van der Waals surface area contributed by atoms with Crippen molar-refractivity contribution in [3.63, 3.8) is 0 Å². The van der Waals surface area contributed by atoms with Crippen molar-refractivity contribution in [1.82, 2.24) is 0 Å². The number of carbonyl (C=O) groups excluding carboxylic acids is 2. The molecule has 4 saturated carbocycles. The first-order chi connectivity index (χ1) is 12.1. The smallest absolute Gasteiger partial charge is 0.138 e. The second kappa shape index (κ2) is 5.43. The molecule has 0 aromatic heterocycles. The Labute approximate surface area is 157 Å². The Hall–Kier alpha value is -1.17. The van der Waals surface area contributed by atoms with Crippen molar-refractivity contribution in [2.24, 2.45) is 39.4 Å². The van der Waals surface area contributed by atoms with Crippen molar-refractivity contribution < 1.29 is 9.59 Å². The van der Waals surface area contributed by atoms with E-state index in [1.54, 1.807) is 0 Å². The van der Waals surface area contributed by atoms with Gasteiger partial charge in [0.15, 0.2) is 0 Å². The summed E-state index contributed by atoms with van der Waals surface area (Å²) in [6.07, 6.45) is 7.92. The number of fused-ring (bicyclic) bond motifs is 5. The van der Waals surface area contributed by atoms with Crippen molar-refractivity contribution in [2.75, 3.05) is 0 Å². The molecule has 26 heavy (non-hydrogen) atoms. The van der Waals surface area contributed by atoms with E-state index in [0.29, 0.717) is 42.8 Å². The molecule has 0 aliphatic heterocycles. The van der Waals surface area contributed by atoms with Crippen LogP contribution in [0, 0.1) is 50.7 Å². The summed E-state index contributed by atoms with van der Waals surface area (Å²) in [5.74, 6) is 1.94. The molecule has 0 heterocycles. The summed E-state index contributed by atoms with van der Waals surface area (Å²) in [7, 11) is 0. The maximum Gasteiger partial charge on any atom is 0.138 e. The van der Waals surface area contributed by atoms with Crippen LogP contribution in [0.1, 0.15) is 85.5 Å². The van der Waals surface area contributed by atoms with Gasteiger partial charge in [-0.3, -0.25) is 9.59 Å². The highest BCUT2D eigenvalue weighted by molar-refractivity contribution is 5.85. The lowest BCUT2D eigenvalue weighted by molar-refractivity contribution is -0.201. The fraction of sp³-hybridized carbons (Fsp3) is 0.870. The van der Waals surface area contributed by atoms with E-state index >= 15 is 0 Å². The van der Waals surface area contributed by atoms with Gasteiger partial charge in [0.05, 0.1) is 11.5 Å². The first-order valence-electron chi connectivity index (χ1n) is 10.6. The Bertz CT molecular complexity index is 703. The molecule has 0 unspecified atom stereocenters. The average molecular weight is 356 g/mol. The molecule has 0 radical (unpaired) electrons. The van der Waals surface area contributed by atoms with Crippen LogP contribution in [0.3, 0.4) is 0 Å². The first-order valence-corrected chi connectivity index (χ1v) is 10.6. The molecule has 0 aromatic rings. The van der Waals surface area contributed by atoms with Gasteiger partial charge in [0.1, 0.15) is 11.6 Å². The summed E-state index contributed by atoms with van der Waals surface area (Å²) >= 11 is 0. The van der Waals surface area contributed by atoms with Crippen LogP contribution >= 0.6 is 0 Å². The highest BCUT2D eigenvalue weighted by Gasteiger charge is 2.69. The molecule has 4 fully saturated rings. The van der Waals surface area contributed by atoms with Gasteiger partial charge >= 0.3 is 0 Å². The molecule has 0 saturated heterocycles. The van der Waals surface area contributed by atoms with E-state index in [2.05, 4.69) is 33.8 Å². The molecule has 0 bridgehead atoms. The fourth-order valence-electron chi connectivity index (χ4n) is 8.34. The minimum absolute atomic E-state index is 0.0948. The lowest BCUT2D eigenvalue weighted by Gasteiger charge is -2.68. The second-order valence-electron chi connectivity index (χ2n) is 10.8. The Kier molecular flexibility index (Phi) is 3.80. The highest BCUT2D eigenvalue weighted by Crippen LogP contribution is 2.73. The first kappa shape index (κ1) is 18.2. The predicted octanol–water partition coefficient (Wildman–Crippen LogP) is 5.09. The van der Waals surface area contributed by atoms with Gasteiger partial charge in [0.25, 0.3) is 0 Å². The van der Waals surface area contributed by atoms with Crippen LogP contribution in [0.15, 0.2) is 0 Å². The summed E-state index contributed by atoms with van der Waals surface area (Å²) < 4.78 is 0. The van der Waals surface area contributed by atoms with Crippen molar-refractivity contribution in [3.05, 3.63) is 0 Å². The summed E-state index contributed by atoms with van der Waals surface area (Å²) in [6.45, 7) is 9.03. The van der Waals surface area contributed by atoms with E-state index in [-0.39, 0.29) is 22.0 Å². The number of hydrogen-bond acceptors (Lipinski definition) is 3. The molecular formula is C23H33NO2. The van der Waals surface area contributed by atoms with Crippen molar-refractivity contribution in [3.8, 4) is 6.07 Å². The van der Waals surface area contributed by atoms with Crippen LogP contribution in [-0.4, -0.2) is 11.6 Å². The Balaban J connectivity index is 1.80. The average Bonchev–Trinajstić information content (AvgIpc) is 2.58. The van der Waals surface area contributed by atoms with Crippen LogP contribution in [0.4, 0.5) is 0 Å². The van der Waals surface area contributed by atoms with E-state index in [9.17, 15) is 14.9 Å². The van der Waals surface area contributed by atoms with Crippen LogP contribution < -0.4 is 0 Å². The normalized spacial score (nSPS) is 50.2. The molecule has 0 spiro atoms. The number of carbonyl (C=O) groups is 2. The zero-order chi connectivity index (χ0) is 19.0. The van der Waals surface area contributed by atoms with Crippen LogP contribution in [-0.2, 0) is 9.59 Å². The number of Topliss-reactive ketones (excluding diaryl/α,β-unsaturated/α-hetero) is 2. The van der Waals surface area contributed by atoms with Gasteiger partial charge in [-0.25, -0.2) is 0 Å². The third-order valence-electron chi connectivity index (χ3n) is 9.76. The van der Waals surface area contributed by atoms with Gasteiger partial charge < -0.3 is 0 Å². The van der Waals surface area contributed by atoms with E-state index < -0.39 is 5.41 Å². The number of rotatable bonds is 0. The summed E-state index contributed by atoms with van der Waals surface area (Å²) in [4.78, 5) is 25.1. The van der Waals surface area contributed by atoms with Gasteiger partial charge in [0.2, 0.25) is 0 Å². The standard InChI is InChI=1S/C23H33NO2/c1-20(2)17-9-12-22(4)18(21(17,3)11-10-19(20)26)8-6-15-5-7-16(25)13-23(15,22)14-24/h15,17-18H,5-13H2,1-4H3/t15-,17-,18+,21-,22+,23-/m0/s1. The zero-order valence-corrected chi connectivity index (χ0v) is 16.9. The molecule has 4 aliphatic rings. The van der Waals surface area contributed by atoms with Gasteiger partial charge in [-0.15, -0.1) is 0 Å². The lowest BCUT2D eigenvalue weighted by Crippen LogP contribution is -2.65. The molecule has 0 N–H and O–H groups in total. The summed E-state index contributed by atoms with van der Waals surface area (Å²) in [5, 5.41) is 10.4. The zero-order valence-electron chi connectivity index (χ0n) is 16.9. The second-order valence-corrected chi connectivity index (χ2v) is 10.8.